The Labute approximate surface area is 126 Å². The maximum Gasteiger partial charge on any atom is 0.0995 e. The van der Waals surface area contributed by atoms with E-state index in [0.717, 1.165) is 57.1 Å². The third kappa shape index (κ3) is 3.62. The molecule has 1 aromatic carbocycles. The van der Waals surface area contributed by atoms with Crippen molar-refractivity contribution >= 4 is 0 Å². The minimum absolute atomic E-state index is 0.715. The Balaban J connectivity index is 1.53. The van der Waals surface area contributed by atoms with Crippen LogP contribution in [0.1, 0.15) is 24.0 Å². The van der Waals surface area contributed by atoms with Crippen LogP contribution in [0.4, 0.5) is 0 Å². The quantitative estimate of drug-likeness (QED) is 0.850. The first-order chi connectivity index (χ1) is 10.4. The zero-order valence-corrected chi connectivity index (χ0v) is 12.5. The molecule has 0 radical (unpaired) electrons. The van der Waals surface area contributed by atoms with Crippen molar-refractivity contribution in [3.63, 3.8) is 0 Å². The summed E-state index contributed by atoms with van der Waals surface area (Å²) in [5.74, 6) is 0. The van der Waals surface area contributed by atoms with Gasteiger partial charge in [-0.15, -0.1) is 0 Å². The average molecular weight is 285 g/mol. The van der Waals surface area contributed by atoms with Crippen molar-refractivity contribution in [1.29, 1.82) is 5.26 Å². The lowest BCUT2D eigenvalue weighted by Crippen LogP contribution is -2.51. The molecule has 21 heavy (non-hydrogen) atoms. The van der Waals surface area contributed by atoms with Gasteiger partial charge >= 0.3 is 0 Å². The van der Waals surface area contributed by atoms with Crippen molar-refractivity contribution in [3.8, 4) is 6.07 Å². The van der Waals surface area contributed by atoms with Crippen LogP contribution in [-0.2, 0) is 11.3 Å². The van der Waals surface area contributed by atoms with Gasteiger partial charge in [0.25, 0.3) is 0 Å². The van der Waals surface area contributed by atoms with Crippen molar-refractivity contribution in [2.24, 2.45) is 0 Å². The van der Waals surface area contributed by atoms with E-state index in [0.29, 0.717) is 6.04 Å². The van der Waals surface area contributed by atoms with Crippen LogP contribution >= 0.6 is 0 Å². The van der Waals surface area contributed by atoms with E-state index in [1.807, 2.05) is 18.2 Å². The number of benzene rings is 1. The van der Waals surface area contributed by atoms with Crippen molar-refractivity contribution in [2.75, 3.05) is 39.4 Å². The van der Waals surface area contributed by atoms with Gasteiger partial charge in [0.1, 0.15) is 0 Å². The molecule has 4 heteroatoms. The Bertz CT molecular complexity index is 497. The first-order valence-electron chi connectivity index (χ1n) is 7.89. The molecule has 2 aliphatic rings. The number of hydrogen-bond acceptors (Lipinski definition) is 4. The van der Waals surface area contributed by atoms with Crippen molar-refractivity contribution in [2.45, 2.75) is 25.4 Å². The van der Waals surface area contributed by atoms with Crippen LogP contribution in [-0.4, -0.2) is 55.2 Å². The molecule has 0 bridgehead atoms. The van der Waals surface area contributed by atoms with E-state index >= 15 is 0 Å². The Morgan fingerprint density at radius 2 is 1.81 bits per heavy atom. The average Bonchev–Trinajstić information content (AvgIpc) is 2.57. The Morgan fingerprint density at radius 3 is 2.52 bits per heavy atom. The van der Waals surface area contributed by atoms with Gasteiger partial charge in [-0.25, -0.2) is 0 Å². The highest BCUT2D eigenvalue weighted by Gasteiger charge is 2.25. The number of ether oxygens (including phenoxy) is 1. The fourth-order valence-corrected chi connectivity index (χ4v) is 3.35. The molecular weight excluding hydrogens is 262 g/mol. The van der Waals surface area contributed by atoms with Crippen LogP contribution in [0.3, 0.4) is 0 Å². The third-order valence-electron chi connectivity index (χ3n) is 4.65. The van der Waals surface area contributed by atoms with Gasteiger partial charge in [-0.05, 0) is 24.5 Å². The van der Waals surface area contributed by atoms with Gasteiger partial charge in [-0.1, -0.05) is 18.2 Å². The maximum absolute atomic E-state index is 9.17. The number of rotatable bonds is 3. The maximum atomic E-state index is 9.17. The summed E-state index contributed by atoms with van der Waals surface area (Å²) in [5, 5.41) is 9.17. The SMILES string of the molecule is N#Cc1ccccc1CN1CCN(C2CCOCC2)CC1. The molecule has 3 rings (SSSR count). The van der Waals surface area contributed by atoms with Crippen molar-refractivity contribution in [3.05, 3.63) is 35.4 Å². The van der Waals surface area contributed by atoms with Gasteiger partial charge in [-0.2, -0.15) is 5.26 Å². The van der Waals surface area contributed by atoms with Gasteiger partial charge in [-0.3, -0.25) is 9.80 Å². The van der Waals surface area contributed by atoms with Gasteiger partial charge in [0, 0.05) is 52.0 Å². The fraction of sp³-hybridized carbons (Fsp3) is 0.588. The van der Waals surface area contributed by atoms with Crippen LogP contribution in [0.15, 0.2) is 24.3 Å². The fourth-order valence-electron chi connectivity index (χ4n) is 3.35. The standard InChI is InChI=1S/C17H23N3O/c18-13-15-3-1-2-4-16(15)14-19-7-9-20(10-8-19)17-5-11-21-12-6-17/h1-4,17H,5-12,14H2. The lowest BCUT2D eigenvalue weighted by atomic mass is 10.1. The molecule has 112 valence electrons. The van der Waals surface area contributed by atoms with Crippen LogP contribution < -0.4 is 0 Å². The lowest BCUT2D eigenvalue weighted by molar-refractivity contribution is 0.0126. The molecule has 2 saturated heterocycles. The number of piperazine rings is 1. The van der Waals surface area contributed by atoms with Crippen molar-refractivity contribution in [1.82, 2.24) is 9.80 Å². The first-order valence-corrected chi connectivity index (χ1v) is 7.89. The second-order valence-electron chi connectivity index (χ2n) is 5.92. The summed E-state index contributed by atoms with van der Waals surface area (Å²) in [4.78, 5) is 5.08. The highest BCUT2D eigenvalue weighted by molar-refractivity contribution is 5.37. The van der Waals surface area contributed by atoms with E-state index in [9.17, 15) is 5.26 Å². The second-order valence-corrected chi connectivity index (χ2v) is 5.92. The number of nitrogens with zero attached hydrogens (tertiary/aromatic N) is 3. The van der Waals surface area contributed by atoms with E-state index in [1.54, 1.807) is 0 Å². The summed E-state index contributed by atoms with van der Waals surface area (Å²) in [6.45, 7) is 7.19. The predicted molar refractivity (Wildman–Crippen MR) is 81.8 cm³/mol. The molecule has 0 aliphatic carbocycles. The smallest absolute Gasteiger partial charge is 0.0995 e. The summed E-state index contributed by atoms with van der Waals surface area (Å²) in [5.41, 5.74) is 1.96. The molecule has 0 N–H and O–H groups in total. The van der Waals surface area contributed by atoms with Gasteiger partial charge in [0.15, 0.2) is 0 Å². The minimum Gasteiger partial charge on any atom is -0.381 e. The molecule has 0 atom stereocenters. The van der Waals surface area contributed by atoms with Gasteiger partial charge < -0.3 is 4.74 Å². The lowest BCUT2D eigenvalue weighted by Gasteiger charge is -2.40. The summed E-state index contributed by atoms with van der Waals surface area (Å²) < 4.78 is 5.45. The Morgan fingerprint density at radius 1 is 1.10 bits per heavy atom. The van der Waals surface area contributed by atoms with Crippen LogP contribution in [0.5, 0.6) is 0 Å². The van der Waals surface area contributed by atoms with E-state index in [1.165, 1.54) is 12.8 Å². The summed E-state index contributed by atoms with van der Waals surface area (Å²) in [6.07, 6.45) is 2.36. The van der Waals surface area contributed by atoms with Crippen molar-refractivity contribution < 1.29 is 4.74 Å². The normalized spacial score (nSPS) is 22.0. The Hall–Kier alpha value is -1.41. The molecule has 1 aromatic rings. The molecule has 0 aromatic heterocycles. The summed E-state index contributed by atoms with van der Waals surface area (Å²) in [6, 6.07) is 11.0. The molecule has 4 nitrogen and oxygen atoms in total. The second kappa shape index (κ2) is 7.04. The topological polar surface area (TPSA) is 39.5 Å². The van der Waals surface area contributed by atoms with Gasteiger partial charge in [0.2, 0.25) is 0 Å². The van der Waals surface area contributed by atoms with E-state index in [4.69, 9.17) is 4.74 Å². The predicted octanol–water partition coefficient (Wildman–Crippen LogP) is 1.85. The first kappa shape index (κ1) is 14.5. The molecule has 2 fully saturated rings. The summed E-state index contributed by atoms with van der Waals surface area (Å²) >= 11 is 0. The largest absolute Gasteiger partial charge is 0.381 e. The van der Waals surface area contributed by atoms with Crippen LogP contribution in [0.2, 0.25) is 0 Å². The van der Waals surface area contributed by atoms with E-state index < -0.39 is 0 Å². The minimum atomic E-state index is 0.715. The molecule has 2 aliphatic heterocycles. The third-order valence-corrected chi connectivity index (χ3v) is 4.65. The molecule has 0 amide bonds. The number of hydrogen-bond donors (Lipinski definition) is 0. The molecule has 2 heterocycles. The van der Waals surface area contributed by atoms with Crippen LogP contribution in [0, 0.1) is 11.3 Å². The zero-order chi connectivity index (χ0) is 14.5. The molecule has 0 spiro atoms. The monoisotopic (exact) mass is 285 g/mol. The van der Waals surface area contributed by atoms with Crippen LogP contribution in [0.25, 0.3) is 0 Å². The molecular formula is C17H23N3O. The van der Waals surface area contributed by atoms with E-state index in [2.05, 4.69) is 21.9 Å². The van der Waals surface area contributed by atoms with Gasteiger partial charge in [0.05, 0.1) is 11.6 Å². The zero-order valence-electron chi connectivity index (χ0n) is 12.5. The molecule has 0 unspecified atom stereocenters. The highest BCUT2D eigenvalue weighted by Crippen LogP contribution is 2.18. The highest BCUT2D eigenvalue weighted by atomic mass is 16.5. The summed E-state index contributed by atoms with van der Waals surface area (Å²) in [7, 11) is 0. The number of nitriles is 1. The van der Waals surface area contributed by atoms with E-state index in [-0.39, 0.29) is 0 Å². The Kier molecular flexibility index (Phi) is 4.87. The molecule has 0 saturated carbocycles.